The number of amides is 2. The monoisotopic (exact) mass is 292 g/mol. The summed E-state index contributed by atoms with van der Waals surface area (Å²) in [6, 6.07) is 1.76. The molecule has 5 nitrogen and oxygen atoms in total. The van der Waals surface area contributed by atoms with E-state index in [0.29, 0.717) is 23.5 Å². The Labute approximate surface area is 121 Å². The quantitative estimate of drug-likeness (QED) is 0.762. The van der Waals surface area contributed by atoms with Crippen molar-refractivity contribution in [1.29, 1.82) is 0 Å². The summed E-state index contributed by atoms with van der Waals surface area (Å²) in [5, 5.41) is 10.5. The maximum atomic E-state index is 12.5. The third kappa shape index (κ3) is 3.18. The minimum Gasteiger partial charge on any atom is -0.384 e. The van der Waals surface area contributed by atoms with Gasteiger partial charge < -0.3 is 14.9 Å². The number of likely N-dealkylation sites (N-methyl/N-ethyl adjacent to an activating group) is 1. The average Bonchev–Trinajstić information content (AvgIpc) is 2.84. The Morgan fingerprint density at radius 3 is 3.05 bits per heavy atom. The Kier molecular flexibility index (Phi) is 4.77. The fourth-order valence-electron chi connectivity index (χ4n) is 2.01. The molecule has 6 heteroatoms. The van der Waals surface area contributed by atoms with Crippen molar-refractivity contribution in [3.8, 4) is 11.8 Å². The molecule has 2 heterocycles. The summed E-state index contributed by atoms with van der Waals surface area (Å²) >= 11 is 1.31. The van der Waals surface area contributed by atoms with Gasteiger partial charge in [-0.1, -0.05) is 11.8 Å². The number of nitrogens with zero attached hydrogens (tertiary/aromatic N) is 2. The van der Waals surface area contributed by atoms with Crippen molar-refractivity contribution in [2.24, 2.45) is 0 Å². The molecule has 106 valence electrons. The van der Waals surface area contributed by atoms with Gasteiger partial charge in [-0.3, -0.25) is 9.59 Å². The number of aliphatic hydroxyl groups excluding tert-OH is 1. The summed E-state index contributed by atoms with van der Waals surface area (Å²) in [6.07, 6.45) is 0.775. The maximum absolute atomic E-state index is 12.5. The first-order valence-corrected chi connectivity index (χ1v) is 7.22. The molecule has 0 spiro atoms. The van der Waals surface area contributed by atoms with Crippen LogP contribution in [0, 0.1) is 11.8 Å². The molecule has 0 saturated carbocycles. The highest BCUT2D eigenvalue weighted by atomic mass is 32.1. The van der Waals surface area contributed by atoms with Gasteiger partial charge in [-0.05, 0) is 17.9 Å². The van der Waals surface area contributed by atoms with E-state index in [1.165, 1.54) is 11.3 Å². The van der Waals surface area contributed by atoms with Crippen LogP contribution < -0.4 is 0 Å². The lowest BCUT2D eigenvalue weighted by Crippen LogP contribution is -2.37. The number of hydrogen-bond donors (Lipinski definition) is 1. The molecule has 2 amide bonds. The van der Waals surface area contributed by atoms with Gasteiger partial charge in [-0.15, -0.1) is 11.3 Å². The van der Waals surface area contributed by atoms with Gasteiger partial charge >= 0.3 is 0 Å². The van der Waals surface area contributed by atoms with E-state index < -0.39 is 0 Å². The number of carbonyl (C=O) groups is 2. The van der Waals surface area contributed by atoms with Gasteiger partial charge in [0.25, 0.3) is 5.91 Å². The molecule has 2 rings (SSSR count). The minimum absolute atomic E-state index is 0.0459. The van der Waals surface area contributed by atoms with Crippen LogP contribution in [0.5, 0.6) is 0 Å². The summed E-state index contributed by atoms with van der Waals surface area (Å²) < 4.78 is 0. The van der Waals surface area contributed by atoms with E-state index in [1.54, 1.807) is 28.3 Å². The van der Waals surface area contributed by atoms with Gasteiger partial charge in [0, 0.05) is 25.7 Å². The van der Waals surface area contributed by atoms with E-state index >= 15 is 0 Å². The van der Waals surface area contributed by atoms with Crippen LogP contribution in [0.1, 0.15) is 21.7 Å². The maximum Gasteiger partial charge on any atom is 0.265 e. The van der Waals surface area contributed by atoms with Gasteiger partial charge in [-0.25, -0.2) is 0 Å². The molecule has 1 aromatic heterocycles. The molecular weight excluding hydrogens is 276 g/mol. The molecule has 0 aliphatic carbocycles. The highest BCUT2D eigenvalue weighted by Crippen LogP contribution is 2.19. The molecule has 1 aromatic rings. The second-order valence-electron chi connectivity index (χ2n) is 4.52. The second-order valence-corrected chi connectivity index (χ2v) is 5.43. The van der Waals surface area contributed by atoms with Crippen molar-refractivity contribution in [3.63, 3.8) is 0 Å². The summed E-state index contributed by atoms with van der Waals surface area (Å²) in [5.74, 6) is 5.10. The van der Waals surface area contributed by atoms with Crippen LogP contribution >= 0.6 is 11.3 Å². The third-order valence-electron chi connectivity index (χ3n) is 3.12. The van der Waals surface area contributed by atoms with Crippen LogP contribution in [0.4, 0.5) is 0 Å². The van der Waals surface area contributed by atoms with E-state index in [-0.39, 0.29) is 25.0 Å². The van der Waals surface area contributed by atoms with Crippen molar-refractivity contribution in [2.45, 2.75) is 6.42 Å². The second kappa shape index (κ2) is 6.55. The lowest BCUT2D eigenvalue weighted by Gasteiger charge is -2.19. The molecule has 1 N–H and O–H groups in total. The fraction of sp³-hybridized carbons (Fsp3) is 0.429. The van der Waals surface area contributed by atoms with Crippen molar-refractivity contribution in [2.75, 3.05) is 33.3 Å². The number of aliphatic hydroxyl groups is 1. The highest BCUT2D eigenvalue weighted by molar-refractivity contribution is 7.12. The first-order valence-electron chi connectivity index (χ1n) is 6.34. The SMILES string of the molecule is CN1CCCN(C(=O)c2sccc2C#CCO)CC1=O. The summed E-state index contributed by atoms with van der Waals surface area (Å²) in [5.41, 5.74) is 0.610. The van der Waals surface area contributed by atoms with Crippen LogP contribution in [0.15, 0.2) is 11.4 Å². The normalized spacial score (nSPS) is 15.6. The first-order chi connectivity index (χ1) is 9.63. The molecule has 1 aliphatic heterocycles. The zero-order chi connectivity index (χ0) is 14.5. The van der Waals surface area contributed by atoms with Crippen LogP contribution in [-0.2, 0) is 4.79 Å². The molecular formula is C14H16N2O3S. The molecule has 0 atom stereocenters. The van der Waals surface area contributed by atoms with E-state index in [1.807, 2.05) is 0 Å². The molecule has 1 aliphatic rings. The lowest BCUT2D eigenvalue weighted by atomic mass is 10.2. The minimum atomic E-state index is -0.240. The fourth-order valence-corrected chi connectivity index (χ4v) is 2.83. The van der Waals surface area contributed by atoms with Crippen LogP contribution in [0.2, 0.25) is 0 Å². The van der Waals surface area contributed by atoms with Gasteiger partial charge in [0.2, 0.25) is 5.91 Å². The van der Waals surface area contributed by atoms with E-state index in [2.05, 4.69) is 11.8 Å². The Balaban J connectivity index is 2.19. The Morgan fingerprint density at radius 2 is 2.30 bits per heavy atom. The zero-order valence-electron chi connectivity index (χ0n) is 11.3. The number of thiophene rings is 1. The number of hydrogen-bond acceptors (Lipinski definition) is 4. The standard InChI is InChI=1S/C14H16N2O3S/c1-15-6-3-7-16(10-12(15)18)14(19)13-11(4-2-8-17)5-9-20-13/h5,9,17H,3,6-8,10H2,1H3. The van der Waals surface area contributed by atoms with Crippen molar-refractivity contribution in [1.82, 2.24) is 9.80 Å². The lowest BCUT2D eigenvalue weighted by molar-refractivity contribution is -0.129. The Bertz CT molecular complexity index is 570. The Hall–Kier alpha value is -1.84. The zero-order valence-corrected chi connectivity index (χ0v) is 12.1. The molecule has 1 saturated heterocycles. The van der Waals surface area contributed by atoms with Crippen LogP contribution in [-0.4, -0.2) is 60.0 Å². The first kappa shape index (κ1) is 14.6. The van der Waals surface area contributed by atoms with E-state index in [4.69, 9.17) is 5.11 Å². The van der Waals surface area contributed by atoms with Gasteiger partial charge in [-0.2, -0.15) is 0 Å². The molecule has 0 radical (unpaired) electrons. The highest BCUT2D eigenvalue weighted by Gasteiger charge is 2.25. The topological polar surface area (TPSA) is 60.9 Å². The average molecular weight is 292 g/mol. The predicted octanol–water partition coefficient (Wildman–Crippen LogP) is 0.396. The Morgan fingerprint density at radius 1 is 1.50 bits per heavy atom. The third-order valence-corrected chi connectivity index (χ3v) is 4.02. The smallest absolute Gasteiger partial charge is 0.265 e. The van der Waals surface area contributed by atoms with Crippen LogP contribution in [0.3, 0.4) is 0 Å². The summed E-state index contributed by atoms with van der Waals surface area (Å²) in [4.78, 5) is 28.1. The molecule has 20 heavy (non-hydrogen) atoms. The largest absolute Gasteiger partial charge is 0.384 e. The van der Waals surface area contributed by atoms with Crippen molar-refractivity contribution >= 4 is 23.2 Å². The molecule has 0 bridgehead atoms. The molecule has 0 aromatic carbocycles. The molecule has 0 unspecified atom stereocenters. The molecule has 1 fully saturated rings. The van der Waals surface area contributed by atoms with Gasteiger partial charge in [0.05, 0.1) is 0 Å². The summed E-state index contributed by atoms with van der Waals surface area (Å²) in [6.45, 7) is 1.11. The van der Waals surface area contributed by atoms with Crippen molar-refractivity contribution < 1.29 is 14.7 Å². The van der Waals surface area contributed by atoms with Gasteiger partial charge in [0.1, 0.15) is 18.0 Å². The van der Waals surface area contributed by atoms with Gasteiger partial charge in [0.15, 0.2) is 0 Å². The van der Waals surface area contributed by atoms with Crippen molar-refractivity contribution in [3.05, 3.63) is 21.9 Å². The van der Waals surface area contributed by atoms with Crippen LogP contribution in [0.25, 0.3) is 0 Å². The van der Waals surface area contributed by atoms with E-state index in [9.17, 15) is 9.59 Å². The summed E-state index contributed by atoms with van der Waals surface area (Å²) in [7, 11) is 1.75. The van der Waals surface area contributed by atoms with E-state index in [0.717, 1.165) is 6.42 Å². The number of carbonyl (C=O) groups excluding carboxylic acids is 2. The predicted molar refractivity (Wildman–Crippen MR) is 76.4 cm³/mol. The number of rotatable bonds is 1.